The minimum absolute atomic E-state index is 0.0830. The van der Waals surface area contributed by atoms with E-state index in [0.29, 0.717) is 27.7 Å². The van der Waals surface area contributed by atoms with Gasteiger partial charge in [-0.25, -0.2) is 18.9 Å². The summed E-state index contributed by atoms with van der Waals surface area (Å²) in [6, 6.07) is 5.42. The Morgan fingerprint density at radius 1 is 1.16 bits per heavy atom. The topological polar surface area (TPSA) is 136 Å². The van der Waals surface area contributed by atoms with E-state index in [2.05, 4.69) is 9.97 Å². The first-order valence-corrected chi connectivity index (χ1v) is 11.6. The summed E-state index contributed by atoms with van der Waals surface area (Å²) in [4.78, 5) is 19.7. The third-order valence-electron chi connectivity index (χ3n) is 5.82. The Labute approximate surface area is 187 Å². The number of carbonyl (C=O) groups is 1. The molecule has 32 heavy (non-hydrogen) atoms. The van der Waals surface area contributed by atoms with Crippen molar-refractivity contribution in [2.45, 2.75) is 58.2 Å². The highest BCUT2D eigenvalue weighted by atomic mass is 32.2. The zero-order valence-electron chi connectivity index (χ0n) is 18.7. The summed E-state index contributed by atoms with van der Waals surface area (Å²) < 4.78 is 28.8. The lowest BCUT2D eigenvalue weighted by molar-refractivity contribution is -0.136. The normalized spacial score (nSPS) is 14.0. The van der Waals surface area contributed by atoms with Gasteiger partial charge in [-0.15, -0.1) is 0 Å². The van der Waals surface area contributed by atoms with Gasteiger partial charge < -0.3 is 10.1 Å². The molecule has 0 fully saturated rings. The molecule has 10 heteroatoms. The molecule has 9 nitrogen and oxygen atoms in total. The molecule has 1 heterocycles. The Bertz CT molecular complexity index is 1270. The van der Waals surface area contributed by atoms with Crippen LogP contribution in [-0.4, -0.2) is 51.1 Å². The van der Waals surface area contributed by atoms with Gasteiger partial charge in [-0.2, -0.15) is 4.31 Å². The van der Waals surface area contributed by atoms with E-state index in [1.807, 2.05) is 13.8 Å². The van der Waals surface area contributed by atoms with Crippen molar-refractivity contribution in [1.82, 2.24) is 19.8 Å². The number of aliphatic hydroxyl groups is 1. The number of benzene rings is 2. The summed E-state index contributed by atoms with van der Waals surface area (Å²) in [6.45, 7) is 8.27. The summed E-state index contributed by atoms with van der Waals surface area (Å²) in [5, 5.41) is 19.6. The van der Waals surface area contributed by atoms with E-state index in [4.69, 9.17) is 0 Å². The Hall–Kier alpha value is -2.79. The number of aromatic nitrogens is 2. The van der Waals surface area contributed by atoms with Crippen LogP contribution in [0.5, 0.6) is 0 Å². The molecule has 4 N–H and O–H groups in total. The van der Waals surface area contributed by atoms with Crippen LogP contribution in [0.1, 0.15) is 34.7 Å². The summed E-state index contributed by atoms with van der Waals surface area (Å²) in [5.74, 6) is -1.02. The maximum absolute atomic E-state index is 14.0. The van der Waals surface area contributed by atoms with Crippen LogP contribution in [-0.2, 0) is 21.4 Å². The summed E-state index contributed by atoms with van der Waals surface area (Å²) >= 11 is 0. The van der Waals surface area contributed by atoms with Gasteiger partial charge in [0.1, 0.15) is 6.04 Å². The highest BCUT2D eigenvalue weighted by molar-refractivity contribution is 7.89. The van der Waals surface area contributed by atoms with E-state index in [1.54, 1.807) is 38.1 Å². The van der Waals surface area contributed by atoms with Gasteiger partial charge in [-0.05, 0) is 74.6 Å². The molecule has 1 unspecified atom stereocenters. The molecule has 0 aliphatic heterocycles. The molecule has 0 aliphatic rings. The van der Waals surface area contributed by atoms with Gasteiger partial charge >= 0.3 is 0 Å². The third-order valence-corrected chi connectivity index (χ3v) is 7.94. The molecule has 2 aromatic carbocycles. The van der Waals surface area contributed by atoms with E-state index >= 15 is 0 Å². The molecule has 0 saturated carbocycles. The standard InChI is InChI=1S/C22H28N4O5S/c1-12-8-13(2)21(15(4)14(12)3)32(30,31)26(20(16(5)27)22(28)25-29)10-17-6-7-18-19(9-17)24-11-23-18/h6-9,11,16,20,27,29H,10H2,1-5H3,(H,23,24)(H,25,28)/t16?,20-/m1/s1. The second-order valence-electron chi connectivity index (χ2n) is 8.06. The smallest absolute Gasteiger partial charge is 0.264 e. The number of imidazole rings is 1. The first-order valence-electron chi connectivity index (χ1n) is 10.1. The molecule has 2 atom stereocenters. The molecule has 1 aromatic heterocycles. The number of nitrogens with one attached hydrogen (secondary N) is 2. The SMILES string of the molecule is Cc1cc(C)c(S(=O)(=O)N(Cc2ccc3nc[nH]c3c2)[C@@H](C(=O)NO)C(C)O)c(C)c1C. The van der Waals surface area contributed by atoms with Gasteiger partial charge in [0.05, 0.1) is 28.4 Å². The molecule has 0 radical (unpaired) electrons. The second-order valence-corrected chi connectivity index (χ2v) is 9.88. The Morgan fingerprint density at radius 3 is 2.47 bits per heavy atom. The molecule has 172 valence electrons. The van der Waals surface area contributed by atoms with Crippen LogP contribution in [0, 0.1) is 27.7 Å². The molecule has 3 rings (SSSR count). The van der Waals surface area contributed by atoms with Crippen molar-refractivity contribution < 1.29 is 23.5 Å². The zero-order chi connectivity index (χ0) is 23.8. The monoisotopic (exact) mass is 460 g/mol. The van der Waals surface area contributed by atoms with Crippen LogP contribution >= 0.6 is 0 Å². The van der Waals surface area contributed by atoms with Crippen LogP contribution in [0.3, 0.4) is 0 Å². The zero-order valence-corrected chi connectivity index (χ0v) is 19.5. The minimum atomic E-state index is -4.26. The number of aliphatic hydroxyl groups excluding tert-OH is 1. The number of sulfonamides is 1. The molecule has 3 aromatic rings. The number of aryl methyl sites for hydroxylation is 2. The summed E-state index contributed by atoms with van der Waals surface area (Å²) in [7, 11) is -4.26. The van der Waals surface area contributed by atoms with Crippen molar-refractivity contribution in [2.75, 3.05) is 0 Å². The molecule has 0 saturated heterocycles. The highest BCUT2D eigenvalue weighted by Crippen LogP contribution is 2.31. The lowest BCUT2D eigenvalue weighted by Gasteiger charge is -2.32. The predicted molar refractivity (Wildman–Crippen MR) is 120 cm³/mol. The number of H-pyrrole nitrogens is 1. The average Bonchev–Trinajstić information content (AvgIpc) is 3.18. The summed E-state index contributed by atoms with van der Waals surface area (Å²) in [6.07, 6.45) is 0.141. The van der Waals surface area contributed by atoms with Crippen molar-refractivity contribution in [2.24, 2.45) is 0 Å². The van der Waals surface area contributed by atoms with Crippen LogP contribution in [0.2, 0.25) is 0 Å². The van der Waals surface area contributed by atoms with E-state index in [1.165, 1.54) is 18.7 Å². The fraction of sp³-hybridized carbons (Fsp3) is 0.364. The number of carbonyl (C=O) groups excluding carboxylic acids is 1. The van der Waals surface area contributed by atoms with Crippen LogP contribution in [0.15, 0.2) is 35.5 Å². The quantitative estimate of drug-likeness (QED) is 0.315. The maximum atomic E-state index is 14.0. The molecular formula is C22H28N4O5S. The fourth-order valence-corrected chi connectivity index (χ4v) is 6.16. The average molecular weight is 461 g/mol. The van der Waals surface area contributed by atoms with E-state index in [-0.39, 0.29) is 11.4 Å². The fourth-order valence-electron chi connectivity index (χ4n) is 4.03. The molecule has 1 amide bonds. The minimum Gasteiger partial charge on any atom is -0.391 e. The van der Waals surface area contributed by atoms with Gasteiger partial charge in [0, 0.05) is 6.54 Å². The predicted octanol–water partition coefficient (Wildman–Crippen LogP) is 2.24. The Balaban J connectivity index is 2.21. The van der Waals surface area contributed by atoms with E-state index in [0.717, 1.165) is 15.4 Å². The van der Waals surface area contributed by atoms with Gasteiger partial charge in [0.15, 0.2) is 0 Å². The largest absolute Gasteiger partial charge is 0.391 e. The molecular weight excluding hydrogens is 432 g/mol. The summed E-state index contributed by atoms with van der Waals surface area (Å²) in [5.41, 5.74) is 6.38. The number of hydroxylamine groups is 1. The van der Waals surface area contributed by atoms with Gasteiger partial charge in [0.2, 0.25) is 10.0 Å². The third kappa shape index (κ3) is 4.26. The van der Waals surface area contributed by atoms with E-state index in [9.17, 15) is 23.5 Å². The molecule has 0 bridgehead atoms. The van der Waals surface area contributed by atoms with Crippen molar-refractivity contribution in [3.8, 4) is 0 Å². The van der Waals surface area contributed by atoms with Crippen LogP contribution < -0.4 is 5.48 Å². The first kappa shape index (κ1) is 23.9. The number of hydrogen-bond donors (Lipinski definition) is 4. The highest BCUT2D eigenvalue weighted by Gasteiger charge is 2.40. The van der Waals surface area contributed by atoms with Crippen molar-refractivity contribution >= 4 is 27.0 Å². The number of hydrogen-bond acceptors (Lipinski definition) is 6. The molecule has 0 aliphatic carbocycles. The van der Waals surface area contributed by atoms with Gasteiger partial charge in [-0.1, -0.05) is 12.1 Å². The second kappa shape index (κ2) is 8.99. The number of rotatable bonds is 7. The number of fused-ring (bicyclic) bond motifs is 1. The number of amides is 1. The van der Waals surface area contributed by atoms with Gasteiger partial charge in [-0.3, -0.25) is 10.0 Å². The Kier molecular flexibility index (Phi) is 6.70. The van der Waals surface area contributed by atoms with Crippen molar-refractivity contribution in [3.05, 3.63) is 58.4 Å². The first-order chi connectivity index (χ1) is 15.0. The van der Waals surface area contributed by atoms with E-state index < -0.39 is 28.1 Å². The van der Waals surface area contributed by atoms with Crippen molar-refractivity contribution in [3.63, 3.8) is 0 Å². The number of aromatic amines is 1. The van der Waals surface area contributed by atoms with Crippen LogP contribution in [0.25, 0.3) is 11.0 Å². The molecule has 0 spiro atoms. The Morgan fingerprint density at radius 2 is 1.84 bits per heavy atom. The van der Waals surface area contributed by atoms with Gasteiger partial charge in [0.25, 0.3) is 5.91 Å². The lowest BCUT2D eigenvalue weighted by atomic mass is 10.0. The number of nitrogens with zero attached hydrogens (tertiary/aromatic N) is 2. The lowest BCUT2D eigenvalue weighted by Crippen LogP contribution is -2.54. The van der Waals surface area contributed by atoms with Crippen LogP contribution in [0.4, 0.5) is 0 Å². The van der Waals surface area contributed by atoms with Crippen molar-refractivity contribution in [1.29, 1.82) is 0 Å². The maximum Gasteiger partial charge on any atom is 0.264 e.